The van der Waals surface area contributed by atoms with E-state index >= 15 is 0 Å². The fraction of sp³-hybridized carbons (Fsp3) is 0.481. The third-order valence-electron chi connectivity index (χ3n) is 7.49. The molecule has 0 aliphatic carbocycles. The van der Waals surface area contributed by atoms with Crippen LogP contribution in [0.5, 0.6) is 0 Å². The molecular formula is C27H34BrFN8O. The molecule has 11 heteroatoms. The lowest BCUT2D eigenvalue weighted by atomic mass is 9.88. The van der Waals surface area contributed by atoms with Crippen molar-refractivity contribution in [2.45, 2.75) is 31.7 Å². The molecule has 202 valence electrons. The van der Waals surface area contributed by atoms with Crippen LogP contribution >= 0.6 is 15.9 Å². The van der Waals surface area contributed by atoms with Crippen molar-refractivity contribution in [1.29, 1.82) is 0 Å². The van der Waals surface area contributed by atoms with Crippen molar-refractivity contribution in [3.63, 3.8) is 0 Å². The third-order valence-corrected chi connectivity index (χ3v) is 7.95. The highest BCUT2D eigenvalue weighted by molar-refractivity contribution is 9.10. The van der Waals surface area contributed by atoms with Crippen LogP contribution in [0.25, 0.3) is 11.4 Å². The lowest BCUT2D eigenvalue weighted by molar-refractivity contribution is 0.128. The van der Waals surface area contributed by atoms with Gasteiger partial charge in [0.1, 0.15) is 5.82 Å². The summed E-state index contributed by atoms with van der Waals surface area (Å²) in [6, 6.07) is 12.4. The number of rotatable bonds is 7. The molecule has 3 N–H and O–H groups in total. The number of hydrogen-bond acceptors (Lipinski definition) is 6. The Bertz CT molecular complexity index is 1240. The van der Waals surface area contributed by atoms with Crippen LogP contribution in [0.3, 0.4) is 0 Å². The molecule has 0 bridgehead atoms. The van der Waals surface area contributed by atoms with Crippen molar-refractivity contribution in [2.24, 2.45) is 18.9 Å². The Kier molecular flexibility index (Phi) is 8.65. The van der Waals surface area contributed by atoms with Crippen LogP contribution in [0.2, 0.25) is 0 Å². The smallest absolute Gasteiger partial charge is 0.319 e. The standard InChI is InChI=1S/C27H34BrFN8O/c1-36-26(33-34-35-36)20-12-22(28)14-24(13-20)31-27(38)32-25-8-9-30-15-21(25)17-37-10-2-3-19(16-37)11-18-4-6-23(29)7-5-18/h4-7,12-14,19,21,25,30H,2-3,8-11,15-17H2,1H3,(H2,31,32,38)/t19?,21-,25+/m0/s1. The van der Waals surface area contributed by atoms with Gasteiger partial charge in [-0.2, -0.15) is 0 Å². The van der Waals surface area contributed by atoms with Crippen molar-refractivity contribution in [1.82, 2.24) is 35.7 Å². The SMILES string of the molecule is Cn1nnnc1-c1cc(Br)cc(NC(=O)N[C@@H]2CCNC[C@H]2CN2CCCC(Cc3ccc(F)cc3)C2)c1. The molecule has 2 amide bonds. The van der Waals surface area contributed by atoms with Crippen LogP contribution < -0.4 is 16.0 Å². The first-order chi connectivity index (χ1) is 18.4. The van der Waals surface area contributed by atoms with E-state index in [-0.39, 0.29) is 17.9 Å². The summed E-state index contributed by atoms with van der Waals surface area (Å²) in [5.41, 5.74) is 2.67. The molecule has 2 aliphatic heterocycles. The molecule has 5 rings (SSSR count). The van der Waals surface area contributed by atoms with Gasteiger partial charge in [0, 0.05) is 54.4 Å². The van der Waals surface area contributed by atoms with Crippen LogP contribution in [-0.4, -0.2) is 69.9 Å². The van der Waals surface area contributed by atoms with Gasteiger partial charge in [-0.25, -0.2) is 13.9 Å². The number of halogens is 2. The van der Waals surface area contributed by atoms with Crippen LogP contribution in [-0.2, 0) is 13.5 Å². The minimum Gasteiger partial charge on any atom is -0.335 e. The van der Waals surface area contributed by atoms with Gasteiger partial charge in [0.15, 0.2) is 5.82 Å². The van der Waals surface area contributed by atoms with E-state index in [4.69, 9.17) is 0 Å². The number of aryl methyl sites for hydroxylation is 1. The van der Waals surface area contributed by atoms with Gasteiger partial charge in [-0.3, -0.25) is 0 Å². The molecule has 0 saturated carbocycles. The highest BCUT2D eigenvalue weighted by Crippen LogP contribution is 2.26. The second-order valence-corrected chi connectivity index (χ2v) is 11.3. The summed E-state index contributed by atoms with van der Waals surface area (Å²) in [4.78, 5) is 15.6. The predicted molar refractivity (Wildman–Crippen MR) is 148 cm³/mol. The van der Waals surface area contributed by atoms with Crippen molar-refractivity contribution < 1.29 is 9.18 Å². The molecule has 3 atom stereocenters. The Morgan fingerprint density at radius 1 is 1.21 bits per heavy atom. The fourth-order valence-corrected chi connectivity index (χ4v) is 6.17. The maximum atomic E-state index is 13.3. The molecular weight excluding hydrogens is 551 g/mol. The summed E-state index contributed by atoms with van der Waals surface area (Å²) in [5.74, 6) is 1.32. The molecule has 2 fully saturated rings. The van der Waals surface area contributed by atoms with Crippen LogP contribution in [0, 0.1) is 17.7 Å². The Hall–Kier alpha value is -2.89. The fourth-order valence-electron chi connectivity index (χ4n) is 5.67. The van der Waals surface area contributed by atoms with Gasteiger partial charge in [-0.1, -0.05) is 28.1 Å². The van der Waals surface area contributed by atoms with E-state index in [9.17, 15) is 9.18 Å². The zero-order valence-electron chi connectivity index (χ0n) is 21.5. The summed E-state index contributed by atoms with van der Waals surface area (Å²) in [6.07, 6.45) is 4.22. The average Bonchev–Trinajstić information content (AvgIpc) is 3.32. The van der Waals surface area contributed by atoms with E-state index in [1.165, 1.54) is 12.0 Å². The minimum absolute atomic E-state index is 0.0864. The van der Waals surface area contributed by atoms with E-state index in [2.05, 4.69) is 52.3 Å². The number of anilines is 1. The van der Waals surface area contributed by atoms with E-state index in [1.807, 2.05) is 30.3 Å². The first-order valence-corrected chi connectivity index (χ1v) is 14.0. The van der Waals surface area contributed by atoms with E-state index in [1.54, 1.807) is 23.9 Å². The number of hydrogen-bond donors (Lipinski definition) is 3. The van der Waals surface area contributed by atoms with E-state index in [0.717, 1.165) is 62.0 Å². The van der Waals surface area contributed by atoms with Crippen LogP contribution in [0.15, 0.2) is 46.9 Å². The molecule has 1 aromatic heterocycles. The number of tetrazole rings is 1. The van der Waals surface area contributed by atoms with Gasteiger partial charge in [0.05, 0.1) is 0 Å². The number of carbonyl (C=O) groups is 1. The molecule has 3 aromatic rings. The van der Waals surface area contributed by atoms with Gasteiger partial charge in [0.25, 0.3) is 0 Å². The molecule has 0 radical (unpaired) electrons. The normalized spacial score (nSPS) is 22.2. The number of amides is 2. The van der Waals surface area contributed by atoms with Crippen molar-refractivity contribution in [2.75, 3.05) is 38.0 Å². The zero-order chi connectivity index (χ0) is 26.5. The summed E-state index contributed by atoms with van der Waals surface area (Å²) in [7, 11) is 1.78. The lowest BCUT2D eigenvalue weighted by Gasteiger charge is -2.39. The van der Waals surface area contributed by atoms with Crippen LogP contribution in [0.4, 0.5) is 14.9 Å². The maximum Gasteiger partial charge on any atom is 0.319 e. The van der Waals surface area contributed by atoms with Gasteiger partial charge in [-0.15, -0.1) is 5.10 Å². The molecule has 2 aromatic carbocycles. The zero-order valence-corrected chi connectivity index (χ0v) is 23.1. The number of likely N-dealkylation sites (tertiary alicyclic amines) is 1. The largest absolute Gasteiger partial charge is 0.335 e. The average molecular weight is 586 g/mol. The summed E-state index contributed by atoms with van der Waals surface area (Å²) >= 11 is 3.53. The molecule has 9 nitrogen and oxygen atoms in total. The van der Waals surface area contributed by atoms with Crippen molar-refractivity contribution >= 4 is 27.6 Å². The number of aromatic nitrogens is 4. The Morgan fingerprint density at radius 3 is 2.84 bits per heavy atom. The highest BCUT2D eigenvalue weighted by atomic mass is 79.9. The Labute approximate surface area is 230 Å². The predicted octanol–water partition coefficient (Wildman–Crippen LogP) is 3.83. The molecule has 2 aliphatic rings. The maximum absolute atomic E-state index is 13.3. The third kappa shape index (κ3) is 6.95. The first kappa shape index (κ1) is 26.7. The minimum atomic E-state index is -0.213. The Balaban J connectivity index is 1.17. The van der Waals surface area contributed by atoms with Gasteiger partial charge >= 0.3 is 6.03 Å². The van der Waals surface area contributed by atoms with Gasteiger partial charge < -0.3 is 20.9 Å². The van der Waals surface area contributed by atoms with Gasteiger partial charge in [-0.05, 0) is 91.0 Å². The summed E-state index contributed by atoms with van der Waals surface area (Å²) < 4.78 is 15.7. The van der Waals surface area contributed by atoms with Crippen molar-refractivity contribution in [3.05, 3.63) is 58.3 Å². The molecule has 38 heavy (non-hydrogen) atoms. The molecule has 1 unspecified atom stereocenters. The Morgan fingerprint density at radius 2 is 2.05 bits per heavy atom. The van der Waals surface area contributed by atoms with E-state index < -0.39 is 0 Å². The van der Waals surface area contributed by atoms with Crippen LogP contribution in [0.1, 0.15) is 24.8 Å². The quantitative estimate of drug-likeness (QED) is 0.390. The van der Waals surface area contributed by atoms with E-state index in [0.29, 0.717) is 23.3 Å². The first-order valence-electron chi connectivity index (χ1n) is 13.2. The molecule has 0 spiro atoms. The topological polar surface area (TPSA) is 100 Å². The summed E-state index contributed by atoms with van der Waals surface area (Å²) in [5, 5.41) is 21.4. The highest BCUT2D eigenvalue weighted by Gasteiger charge is 2.30. The molecule has 3 heterocycles. The lowest BCUT2D eigenvalue weighted by Crippen LogP contribution is -2.54. The number of piperidine rings is 2. The number of urea groups is 1. The molecule has 2 saturated heterocycles. The summed E-state index contributed by atoms with van der Waals surface area (Å²) in [6.45, 7) is 4.81. The second-order valence-electron chi connectivity index (χ2n) is 10.4. The second kappa shape index (κ2) is 12.3. The number of nitrogens with zero attached hydrogens (tertiary/aromatic N) is 5. The number of benzene rings is 2. The number of nitrogens with one attached hydrogen (secondary N) is 3. The number of carbonyl (C=O) groups excluding carboxylic acids is 1. The monoisotopic (exact) mass is 584 g/mol. The van der Waals surface area contributed by atoms with Gasteiger partial charge in [0.2, 0.25) is 0 Å². The van der Waals surface area contributed by atoms with Crippen molar-refractivity contribution in [3.8, 4) is 11.4 Å².